The van der Waals surface area contributed by atoms with Gasteiger partial charge in [-0.2, -0.15) is 0 Å². The highest BCUT2D eigenvalue weighted by Crippen LogP contribution is 2.37. The van der Waals surface area contributed by atoms with E-state index in [2.05, 4.69) is 10.6 Å². The number of likely N-dealkylation sites (tertiary alicyclic amines) is 1. The number of carboxylic acid groups (broad SMARTS) is 1. The normalized spacial score (nSPS) is 23.5. The molecule has 0 aromatic rings. The van der Waals surface area contributed by atoms with Crippen molar-refractivity contribution >= 4 is 23.9 Å². The molecule has 1 aliphatic carbocycles. The van der Waals surface area contributed by atoms with E-state index in [0.717, 1.165) is 25.7 Å². The number of amides is 3. The summed E-state index contributed by atoms with van der Waals surface area (Å²) in [5.41, 5.74) is -0.701. The van der Waals surface area contributed by atoms with Crippen LogP contribution in [0.25, 0.3) is 0 Å². The van der Waals surface area contributed by atoms with Crippen molar-refractivity contribution in [2.24, 2.45) is 17.8 Å². The molecule has 33 heavy (non-hydrogen) atoms. The predicted molar refractivity (Wildman–Crippen MR) is 123 cm³/mol. The monoisotopic (exact) mass is 467 g/mol. The van der Waals surface area contributed by atoms with E-state index in [-0.39, 0.29) is 18.4 Å². The zero-order valence-corrected chi connectivity index (χ0v) is 20.7. The van der Waals surface area contributed by atoms with Crippen LogP contribution in [0.1, 0.15) is 79.6 Å². The van der Waals surface area contributed by atoms with Gasteiger partial charge in [0.25, 0.3) is 0 Å². The van der Waals surface area contributed by atoms with Crippen molar-refractivity contribution in [1.29, 1.82) is 0 Å². The van der Waals surface area contributed by atoms with Crippen molar-refractivity contribution in [2.75, 3.05) is 13.1 Å². The molecule has 2 rings (SSSR count). The number of carboxylic acids is 1. The standard InChI is InChI=1S/C24H41N3O6/c1-6-15(2)20(26-23(32)33-24(3,4)5)21(29)25-13-19(28)27-14-17(12-18(27)22(30)31)16-10-8-7-9-11-16/h15-18,20H,6-14H2,1-5H3,(H,25,29)(H,26,32)(H,30,31)/t15-,17+,18-,20-/m0/s1. The van der Waals surface area contributed by atoms with Gasteiger partial charge in [0.2, 0.25) is 11.8 Å². The highest BCUT2D eigenvalue weighted by atomic mass is 16.6. The van der Waals surface area contributed by atoms with Crippen molar-refractivity contribution < 1.29 is 29.0 Å². The Morgan fingerprint density at radius 2 is 1.73 bits per heavy atom. The van der Waals surface area contributed by atoms with E-state index >= 15 is 0 Å². The maximum atomic E-state index is 12.9. The molecule has 1 heterocycles. The minimum absolute atomic E-state index is 0.179. The summed E-state index contributed by atoms with van der Waals surface area (Å²) in [4.78, 5) is 51.1. The third-order valence-corrected chi connectivity index (χ3v) is 6.84. The first-order valence-electron chi connectivity index (χ1n) is 12.2. The summed E-state index contributed by atoms with van der Waals surface area (Å²) in [6.07, 6.45) is 6.11. The number of nitrogens with one attached hydrogen (secondary N) is 2. The second-order valence-corrected chi connectivity index (χ2v) is 10.5. The van der Waals surface area contributed by atoms with Crippen LogP contribution in [0.2, 0.25) is 0 Å². The van der Waals surface area contributed by atoms with E-state index < -0.39 is 41.6 Å². The number of hydrogen-bond donors (Lipinski definition) is 3. The number of carbonyl (C=O) groups is 4. The molecule has 0 aromatic carbocycles. The number of alkyl carbamates (subject to hydrolysis) is 1. The summed E-state index contributed by atoms with van der Waals surface area (Å²) in [6, 6.07) is -1.71. The molecule has 4 atom stereocenters. The third kappa shape index (κ3) is 7.89. The second kappa shape index (κ2) is 11.7. The van der Waals surface area contributed by atoms with Crippen molar-refractivity contribution in [3.63, 3.8) is 0 Å². The molecule has 3 N–H and O–H groups in total. The molecule has 0 bridgehead atoms. The summed E-state index contributed by atoms with van der Waals surface area (Å²) in [7, 11) is 0. The highest BCUT2D eigenvalue weighted by molar-refractivity contribution is 5.91. The molecule has 188 valence electrons. The van der Waals surface area contributed by atoms with Gasteiger partial charge in [-0.25, -0.2) is 9.59 Å². The number of carbonyl (C=O) groups excluding carboxylic acids is 3. The van der Waals surface area contributed by atoms with Gasteiger partial charge in [0, 0.05) is 6.54 Å². The number of nitrogens with zero attached hydrogens (tertiary/aromatic N) is 1. The van der Waals surface area contributed by atoms with Gasteiger partial charge in [0.1, 0.15) is 17.7 Å². The fraction of sp³-hybridized carbons (Fsp3) is 0.833. The maximum absolute atomic E-state index is 12.9. The third-order valence-electron chi connectivity index (χ3n) is 6.84. The van der Waals surface area contributed by atoms with Gasteiger partial charge in [-0.15, -0.1) is 0 Å². The predicted octanol–water partition coefficient (Wildman–Crippen LogP) is 2.92. The van der Waals surface area contributed by atoms with E-state index in [9.17, 15) is 24.3 Å². The van der Waals surface area contributed by atoms with Crippen LogP contribution in [-0.2, 0) is 19.1 Å². The van der Waals surface area contributed by atoms with Crippen molar-refractivity contribution in [1.82, 2.24) is 15.5 Å². The molecule has 1 saturated heterocycles. The van der Waals surface area contributed by atoms with E-state index in [0.29, 0.717) is 25.3 Å². The number of aliphatic carboxylic acids is 1. The van der Waals surface area contributed by atoms with Crippen molar-refractivity contribution in [3.05, 3.63) is 0 Å². The number of rotatable bonds is 8. The Morgan fingerprint density at radius 1 is 1.09 bits per heavy atom. The molecule has 2 aliphatic rings. The Kier molecular flexibility index (Phi) is 9.55. The highest BCUT2D eigenvalue weighted by Gasteiger charge is 2.42. The lowest BCUT2D eigenvalue weighted by atomic mass is 9.79. The molecule has 3 amide bonds. The number of ether oxygens (including phenoxy) is 1. The average Bonchev–Trinajstić information content (AvgIpc) is 3.20. The molecule has 2 fully saturated rings. The molecule has 9 nitrogen and oxygen atoms in total. The topological polar surface area (TPSA) is 125 Å². The minimum Gasteiger partial charge on any atom is -0.480 e. The molecule has 0 aromatic heterocycles. The van der Waals surface area contributed by atoms with Crippen LogP contribution >= 0.6 is 0 Å². The van der Waals surface area contributed by atoms with E-state index in [4.69, 9.17) is 4.74 Å². The molecule has 9 heteroatoms. The molecule has 0 radical (unpaired) electrons. The van der Waals surface area contributed by atoms with Gasteiger partial charge in [-0.3, -0.25) is 9.59 Å². The van der Waals surface area contributed by atoms with Crippen molar-refractivity contribution in [3.8, 4) is 0 Å². The molecular formula is C24H41N3O6. The van der Waals surface area contributed by atoms with Crippen LogP contribution in [0.4, 0.5) is 4.79 Å². The van der Waals surface area contributed by atoms with Crippen LogP contribution in [0, 0.1) is 17.8 Å². The van der Waals surface area contributed by atoms with Gasteiger partial charge in [0.15, 0.2) is 0 Å². The zero-order chi connectivity index (χ0) is 24.8. The smallest absolute Gasteiger partial charge is 0.408 e. The van der Waals surface area contributed by atoms with Gasteiger partial charge in [-0.1, -0.05) is 52.4 Å². The molecule has 0 spiro atoms. The summed E-state index contributed by atoms with van der Waals surface area (Å²) in [6.45, 7) is 9.06. The van der Waals surface area contributed by atoms with Gasteiger partial charge < -0.3 is 25.4 Å². The SMILES string of the molecule is CC[C@H](C)[C@H](NC(=O)OC(C)(C)C)C(=O)NCC(=O)N1C[C@H](C2CCCCC2)C[C@H]1C(=O)O. The summed E-state index contributed by atoms with van der Waals surface area (Å²) < 4.78 is 5.26. The average molecular weight is 468 g/mol. The first-order valence-corrected chi connectivity index (χ1v) is 12.2. The lowest BCUT2D eigenvalue weighted by molar-refractivity contribution is -0.148. The van der Waals surface area contributed by atoms with E-state index in [1.54, 1.807) is 20.8 Å². The first kappa shape index (κ1) is 26.9. The minimum atomic E-state index is -1.00. The Morgan fingerprint density at radius 3 is 2.27 bits per heavy atom. The lowest BCUT2D eigenvalue weighted by Gasteiger charge is -2.28. The molecule has 1 aliphatic heterocycles. The quantitative estimate of drug-likeness (QED) is 0.504. The van der Waals surface area contributed by atoms with E-state index in [1.807, 2.05) is 13.8 Å². The summed E-state index contributed by atoms with van der Waals surface area (Å²) >= 11 is 0. The number of hydrogen-bond acceptors (Lipinski definition) is 5. The van der Waals surface area contributed by atoms with Gasteiger partial charge >= 0.3 is 12.1 Å². The Hall–Kier alpha value is -2.32. The summed E-state index contributed by atoms with van der Waals surface area (Å²) in [5.74, 6) is -1.43. The van der Waals surface area contributed by atoms with Crippen LogP contribution in [0.15, 0.2) is 0 Å². The Bertz CT molecular complexity index is 713. The van der Waals surface area contributed by atoms with E-state index in [1.165, 1.54) is 11.3 Å². The van der Waals surface area contributed by atoms with Crippen LogP contribution in [-0.4, -0.2) is 64.7 Å². The van der Waals surface area contributed by atoms with Crippen molar-refractivity contribution in [2.45, 2.75) is 97.2 Å². The Balaban J connectivity index is 1.98. The fourth-order valence-corrected chi connectivity index (χ4v) is 4.84. The lowest BCUT2D eigenvalue weighted by Crippen LogP contribution is -2.53. The van der Waals surface area contributed by atoms with Crippen LogP contribution in [0.3, 0.4) is 0 Å². The second-order valence-electron chi connectivity index (χ2n) is 10.5. The Labute approximate surface area is 197 Å². The molecule has 1 saturated carbocycles. The summed E-state index contributed by atoms with van der Waals surface area (Å²) in [5, 5.41) is 14.9. The van der Waals surface area contributed by atoms with Gasteiger partial charge in [-0.05, 0) is 44.9 Å². The first-order chi connectivity index (χ1) is 15.4. The van der Waals surface area contributed by atoms with Crippen LogP contribution in [0.5, 0.6) is 0 Å². The molecular weight excluding hydrogens is 426 g/mol. The largest absolute Gasteiger partial charge is 0.480 e. The molecule has 0 unspecified atom stereocenters. The van der Waals surface area contributed by atoms with Crippen LogP contribution < -0.4 is 10.6 Å². The zero-order valence-electron chi connectivity index (χ0n) is 20.7. The fourth-order valence-electron chi connectivity index (χ4n) is 4.84. The maximum Gasteiger partial charge on any atom is 0.408 e. The van der Waals surface area contributed by atoms with Gasteiger partial charge in [0.05, 0.1) is 6.54 Å².